The molecule has 0 radical (unpaired) electrons. The topological polar surface area (TPSA) is 83.4 Å². The number of carbonyl (C=O) groups excluding carboxylic acids is 1. The van der Waals surface area contributed by atoms with Crippen molar-refractivity contribution in [2.24, 2.45) is 0 Å². The first-order valence-electron chi connectivity index (χ1n) is 9.52. The number of piperazine rings is 1. The summed E-state index contributed by atoms with van der Waals surface area (Å²) in [4.78, 5) is 38.6. The number of benzene rings is 1. The Kier molecular flexibility index (Phi) is 6.24. The maximum atomic E-state index is 12.9. The minimum Gasteiger partial charge on any atom is -0.345 e. The Balaban J connectivity index is 1.50. The molecular formula is C19H20Cl2N6O2S. The number of nitrogens with zero attached hydrogens (tertiary/aromatic N) is 5. The Hall–Kier alpha value is -2.20. The third-order valence-electron chi connectivity index (χ3n) is 4.92. The molecule has 1 aliphatic heterocycles. The Morgan fingerprint density at radius 1 is 1.17 bits per heavy atom. The lowest BCUT2D eigenvalue weighted by Gasteiger charge is -2.33. The van der Waals surface area contributed by atoms with Crippen LogP contribution in [0.5, 0.6) is 0 Å². The number of anilines is 2. The first-order valence-corrected chi connectivity index (χ1v) is 11.1. The van der Waals surface area contributed by atoms with Crippen LogP contribution in [0, 0.1) is 0 Å². The van der Waals surface area contributed by atoms with E-state index in [1.165, 1.54) is 22.2 Å². The molecule has 1 saturated heterocycles. The van der Waals surface area contributed by atoms with Crippen LogP contribution in [-0.2, 0) is 11.3 Å². The number of thiazole rings is 1. The number of carbonyl (C=O) groups is 1. The molecule has 1 aromatic carbocycles. The monoisotopic (exact) mass is 466 g/mol. The number of likely N-dealkylation sites (N-methyl/N-ethyl adjacent to an activating group) is 1. The van der Waals surface area contributed by atoms with Gasteiger partial charge in [0.25, 0.3) is 5.56 Å². The van der Waals surface area contributed by atoms with Crippen LogP contribution in [0.15, 0.2) is 29.3 Å². The average Bonchev–Trinajstić information content (AvgIpc) is 3.14. The number of amides is 1. The molecule has 30 heavy (non-hydrogen) atoms. The van der Waals surface area contributed by atoms with Gasteiger partial charge in [0.2, 0.25) is 5.91 Å². The highest BCUT2D eigenvalue weighted by atomic mass is 35.5. The second-order valence-electron chi connectivity index (χ2n) is 6.95. The van der Waals surface area contributed by atoms with Crippen LogP contribution in [0.3, 0.4) is 0 Å². The van der Waals surface area contributed by atoms with E-state index in [4.69, 9.17) is 23.2 Å². The number of aromatic nitrogens is 3. The number of hydrogen-bond donors (Lipinski definition) is 1. The number of hydrogen-bond acceptors (Lipinski definition) is 7. The Bertz CT molecular complexity index is 1120. The zero-order valence-electron chi connectivity index (χ0n) is 16.3. The van der Waals surface area contributed by atoms with E-state index in [1.54, 1.807) is 18.2 Å². The molecule has 11 heteroatoms. The molecule has 0 atom stereocenters. The Morgan fingerprint density at radius 2 is 1.87 bits per heavy atom. The lowest BCUT2D eigenvalue weighted by molar-refractivity contribution is -0.116. The van der Waals surface area contributed by atoms with Gasteiger partial charge in [0.15, 0.2) is 10.8 Å². The molecule has 158 valence electrons. The molecule has 4 rings (SSSR count). The molecule has 0 saturated carbocycles. The van der Waals surface area contributed by atoms with Gasteiger partial charge in [-0.05, 0) is 24.7 Å². The minimum atomic E-state index is -0.378. The summed E-state index contributed by atoms with van der Waals surface area (Å²) in [6, 6.07) is 4.75. The second-order valence-corrected chi connectivity index (χ2v) is 8.80. The zero-order chi connectivity index (χ0) is 21.3. The van der Waals surface area contributed by atoms with Gasteiger partial charge in [-0.25, -0.2) is 4.98 Å². The van der Waals surface area contributed by atoms with Crippen molar-refractivity contribution in [1.82, 2.24) is 19.4 Å². The predicted octanol–water partition coefficient (Wildman–Crippen LogP) is 2.94. The van der Waals surface area contributed by atoms with E-state index < -0.39 is 0 Å². The van der Waals surface area contributed by atoms with Crippen LogP contribution in [0.1, 0.15) is 6.92 Å². The van der Waals surface area contributed by atoms with Gasteiger partial charge < -0.3 is 15.1 Å². The van der Waals surface area contributed by atoms with E-state index in [-0.39, 0.29) is 18.0 Å². The first-order chi connectivity index (χ1) is 14.4. The van der Waals surface area contributed by atoms with Crippen molar-refractivity contribution < 1.29 is 4.79 Å². The largest absolute Gasteiger partial charge is 0.345 e. The molecule has 0 aliphatic carbocycles. The summed E-state index contributed by atoms with van der Waals surface area (Å²) >= 11 is 13.2. The number of rotatable bonds is 5. The van der Waals surface area contributed by atoms with Crippen molar-refractivity contribution in [3.63, 3.8) is 0 Å². The SMILES string of the molecule is CCN1CCN(c2nc3ncn(CC(=O)Nc4cc(Cl)cc(Cl)c4)c(=O)c3s2)CC1. The van der Waals surface area contributed by atoms with Crippen LogP contribution < -0.4 is 15.8 Å². The lowest BCUT2D eigenvalue weighted by Crippen LogP contribution is -2.46. The molecule has 0 spiro atoms. The van der Waals surface area contributed by atoms with Crippen molar-refractivity contribution >= 4 is 61.6 Å². The van der Waals surface area contributed by atoms with Gasteiger partial charge in [-0.2, -0.15) is 4.98 Å². The summed E-state index contributed by atoms with van der Waals surface area (Å²) in [5.41, 5.74) is 0.595. The summed E-state index contributed by atoms with van der Waals surface area (Å²) in [7, 11) is 0. The van der Waals surface area contributed by atoms with E-state index in [9.17, 15) is 9.59 Å². The number of halogens is 2. The highest BCUT2D eigenvalue weighted by molar-refractivity contribution is 7.22. The lowest BCUT2D eigenvalue weighted by atomic mass is 10.3. The molecule has 1 N–H and O–H groups in total. The van der Waals surface area contributed by atoms with Crippen LogP contribution in [-0.4, -0.2) is 58.1 Å². The van der Waals surface area contributed by atoms with Crippen molar-refractivity contribution in [3.05, 3.63) is 44.9 Å². The summed E-state index contributed by atoms with van der Waals surface area (Å²) in [5.74, 6) is -0.378. The quantitative estimate of drug-likeness (QED) is 0.622. The van der Waals surface area contributed by atoms with E-state index in [0.717, 1.165) is 37.9 Å². The molecule has 1 aliphatic rings. The molecule has 8 nitrogen and oxygen atoms in total. The van der Waals surface area contributed by atoms with E-state index in [2.05, 4.69) is 32.0 Å². The van der Waals surface area contributed by atoms with Gasteiger partial charge in [0.1, 0.15) is 17.6 Å². The van der Waals surface area contributed by atoms with Crippen LogP contribution in [0.4, 0.5) is 10.8 Å². The van der Waals surface area contributed by atoms with E-state index in [1.807, 2.05) is 0 Å². The standard InChI is InChI=1S/C19H20Cl2N6O2S/c1-2-25-3-5-26(6-4-25)19-24-17-16(30-19)18(29)27(11-22-17)10-15(28)23-14-8-12(20)7-13(21)9-14/h7-9,11H,2-6,10H2,1H3,(H,23,28). The predicted molar refractivity (Wildman–Crippen MR) is 121 cm³/mol. The van der Waals surface area contributed by atoms with Crippen molar-refractivity contribution in [1.29, 1.82) is 0 Å². The molecule has 0 unspecified atom stereocenters. The maximum absolute atomic E-state index is 12.9. The normalized spacial score (nSPS) is 15.0. The van der Waals surface area contributed by atoms with Gasteiger partial charge in [0.05, 0.1) is 0 Å². The third kappa shape index (κ3) is 4.59. The fourth-order valence-corrected chi connectivity index (χ4v) is 4.87. The Morgan fingerprint density at radius 3 is 2.53 bits per heavy atom. The van der Waals surface area contributed by atoms with Gasteiger partial charge in [-0.3, -0.25) is 14.2 Å². The van der Waals surface area contributed by atoms with Gasteiger partial charge in [0, 0.05) is 41.9 Å². The number of nitrogens with one attached hydrogen (secondary N) is 1. The van der Waals surface area contributed by atoms with Crippen LogP contribution in [0.25, 0.3) is 10.3 Å². The van der Waals surface area contributed by atoms with Gasteiger partial charge in [-0.1, -0.05) is 41.5 Å². The van der Waals surface area contributed by atoms with Crippen LogP contribution >= 0.6 is 34.5 Å². The second kappa shape index (κ2) is 8.89. The van der Waals surface area contributed by atoms with Crippen molar-refractivity contribution in [2.75, 3.05) is 42.9 Å². The molecular weight excluding hydrogens is 447 g/mol. The van der Waals surface area contributed by atoms with E-state index >= 15 is 0 Å². The summed E-state index contributed by atoms with van der Waals surface area (Å²) < 4.78 is 1.73. The fraction of sp³-hybridized carbons (Fsp3) is 0.368. The fourth-order valence-electron chi connectivity index (χ4n) is 3.32. The molecule has 0 bridgehead atoms. The van der Waals surface area contributed by atoms with Crippen molar-refractivity contribution in [2.45, 2.75) is 13.5 Å². The molecule has 1 fully saturated rings. The highest BCUT2D eigenvalue weighted by Gasteiger charge is 2.20. The molecule has 3 heterocycles. The van der Waals surface area contributed by atoms with Gasteiger partial charge in [-0.15, -0.1) is 0 Å². The molecule has 2 aromatic heterocycles. The summed E-state index contributed by atoms with van der Waals surface area (Å²) in [5, 5.41) is 4.31. The van der Waals surface area contributed by atoms with Crippen LogP contribution in [0.2, 0.25) is 10.0 Å². The Labute approximate surface area is 187 Å². The number of fused-ring (bicyclic) bond motifs is 1. The summed E-state index contributed by atoms with van der Waals surface area (Å²) in [6.07, 6.45) is 1.35. The van der Waals surface area contributed by atoms with E-state index in [0.29, 0.717) is 26.1 Å². The first kappa shape index (κ1) is 21.0. The average molecular weight is 467 g/mol. The summed E-state index contributed by atoms with van der Waals surface area (Å²) in [6.45, 7) is 6.68. The maximum Gasteiger partial charge on any atom is 0.273 e. The van der Waals surface area contributed by atoms with Crippen molar-refractivity contribution in [3.8, 4) is 0 Å². The molecule has 1 amide bonds. The minimum absolute atomic E-state index is 0.172. The zero-order valence-corrected chi connectivity index (χ0v) is 18.6. The smallest absolute Gasteiger partial charge is 0.273 e. The third-order valence-corrected chi connectivity index (χ3v) is 6.45. The highest BCUT2D eigenvalue weighted by Crippen LogP contribution is 2.26. The molecule has 3 aromatic rings. The van der Waals surface area contributed by atoms with Gasteiger partial charge >= 0.3 is 0 Å².